The molecule has 7 nitrogen and oxygen atoms in total. The summed E-state index contributed by atoms with van der Waals surface area (Å²) in [5, 5.41) is 9.30. The highest BCUT2D eigenvalue weighted by Crippen LogP contribution is 2.22. The second kappa shape index (κ2) is 8.57. The minimum absolute atomic E-state index is 0.172. The van der Waals surface area contributed by atoms with E-state index in [-0.39, 0.29) is 17.9 Å². The predicted molar refractivity (Wildman–Crippen MR) is 90.3 cm³/mol. The summed E-state index contributed by atoms with van der Waals surface area (Å²) in [7, 11) is 1.42. The standard InChI is InChI=1S/C17H14ClN3O4/c1-24-15-7-6-12(18)8-13(15)17(23)21-20-16(22)10-25-14-5-3-2-4-11(14)9-19/h2-8H,10H2,1H3,(H,20,22)(H,21,23). The number of amides is 2. The molecule has 0 saturated heterocycles. The number of carbonyl (C=O) groups is 2. The van der Waals surface area contributed by atoms with Crippen molar-refractivity contribution < 1.29 is 19.1 Å². The molecule has 0 aromatic heterocycles. The van der Waals surface area contributed by atoms with Crippen molar-refractivity contribution in [3.05, 3.63) is 58.6 Å². The first kappa shape index (κ1) is 18.1. The molecule has 128 valence electrons. The molecule has 0 radical (unpaired) electrons. The van der Waals surface area contributed by atoms with Crippen molar-refractivity contribution in [2.45, 2.75) is 0 Å². The molecule has 2 aromatic rings. The van der Waals surface area contributed by atoms with Gasteiger partial charge in [0.2, 0.25) is 0 Å². The second-order valence-electron chi connectivity index (χ2n) is 4.74. The van der Waals surface area contributed by atoms with Gasteiger partial charge in [-0.25, -0.2) is 0 Å². The lowest BCUT2D eigenvalue weighted by molar-refractivity contribution is -0.123. The van der Waals surface area contributed by atoms with Gasteiger partial charge >= 0.3 is 0 Å². The first-order valence-electron chi connectivity index (χ1n) is 7.09. The first-order chi connectivity index (χ1) is 12.0. The van der Waals surface area contributed by atoms with Gasteiger partial charge in [0.05, 0.1) is 18.2 Å². The Labute approximate surface area is 149 Å². The van der Waals surface area contributed by atoms with Gasteiger partial charge in [0.15, 0.2) is 6.61 Å². The molecule has 0 unspecified atom stereocenters. The number of rotatable bonds is 5. The van der Waals surface area contributed by atoms with E-state index in [1.165, 1.54) is 13.2 Å². The smallest absolute Gasteiger partial charge is 0.276 e. The molecule has 0 heterocycles. The maximum Gasteiger partial charge on any atom is 0.276 e. The Bertz CT molecular complexity index is 833. The van der Waals surface area contributed by atoms with Crippen LogP contribution in [0.5, 0.6) is 11.5 Å². The lowest BCUT2D eigenvalue weighted by atomic mass is 10.2. The molecule has 2 rings (SSSR count). The van der Waals surface area contributed by atoms with Crippen LogP contribution in [-0.4, -0.2) is 25.5 Å². The third-order valence-corrected chi connectivity index (χ3v) is 3.32. The summed E-state index contributed by atoms with van der Waals surface area (Å²) in [6, 6.07) is 13.0. The monoisotopic (exact) mass is 359 g/mol. The van der Waals surface area contributed by atoms with Crippen LogP contribution in [0.2, 0.25) is 5.02 Å². The minimum atomic E-state index is -0.595. The Morgan fingerprint density at radius 3 is 2.64 bits per heavy atom. The maximum absolute atomic E-state index is 12.1. The van der Waals surface area contributed by atoms with Crippen LogP contribution in [-0.2, 0) is 4.79 Å². The molecule has 0 spiro atoms. The van der Waals surface area contributed by atoms with E-state index in [4.69, 9.17) is 26.3 Å². The molecule has 2 N–H and O–H groups in total. The number of hydrogen-bond acceptors (Lipinski definition) is 5. The van der Waals surface area contributed by atoms with Crippen LogP contribution in [0.4, 0.5) is 0 Å². The SMILES string of the molecule is COc1ccc(Cl)cc1C(=O)NNC(=O)COc1ccccc1C#N. The lowest BCUT2D eigenvalue weighted by Gasteiger charge is -2.11. The normalized spacial score (nSPS) is 9.64. The van der Waals surface area contributed by atoms with Crippen LogP contribution in [0.25, 0.3) is 0 Å². The van der Waals surface area contributed by atoms with Crippen molar-refractivity contribution in [1.82, 2.24) is 10.9 Å². The third kappa shape index (κ3) is 4.86. The summed E-state index contributed by atoms with van der Waals surface area (Å²) in [6.45, 7) is -0.369. The summed E-state index contributed by atoms with van der Waals surface area (Å²) in [6.07, 6.45) is 0. The van der Waals surface area contributed by atoms with E-state index in [9.17, 15) is 9.59 Å². The number of nitriles is 1. The number of halogens is 1. The average Bonchev–Trinajstić information content (AvgIpc) is 2.64. The van der Waals surface area contributed by atoms with E-state index >= 15 is 0 Å². The van der Waals surface area contributed by atoms with Gasteiger partial charge in [-0.15, -0.1) is 0 Å². The van der Waals surface area contributed by atoms with Gasteiger partial charge in [0.1, 0.15) is 17.6 Å². The van der Waals surface area contributed by atoms with Gasteiger partial charge < -0.3 is 9.47 Å². The number of carbonyl (C=O) groups excluding carboxylic acids is 2. The number of hydrazine groups is 1. The zero-order valence-corrected chi connectivity index (χ0v) is 14.0. The number of methoxy groups -OCH3 is 1. The van der Waals surface area contributed by atoms with Crippen LogP contribution < -0.4 is 20.3 Å². The quantitative estimate of drug-likeness (QED) is 0.796. The second-order valence-corrected chi connectivity index (χ2v) is 5.18. The van der Waals surface area contributed by atoms with E-state index in [1.807, 2.05) is 6.07 Å². The molecular formula is C17H14ClN3O4. The van der Waals surface area contributed by atoms with Crippen molar-refractivity contribution in [3.8, 4) is 17.6 Å². The Morgan fingerprint density at radius 2 is 1.92 bits per heavy atom. The molecule has 0 bridgehead atoms. The molecule has 2 amide bonds. The molecule has 25 heavy (non-hydrogen) atoms. The van der Waals surface area contributed by atoms with E-state index in [0.29, 0.717) is 16.3 Å². The Hall–Kier alpha value is -3.24. The summed E-state index contributed by atoms with van der Waals surface area (Å²) in [5.41, 5.74) is 4.94. The van der Waals surface area contributed by atoms with Crippen molar-refractivity contribution in [2.75, 3.05) is 13.7 Å². The maximum atomic E-state index is 12.1. The Kier molecular flexibility index (Phi) is 6.20. The van der Waals surface area contributed by atoms with Crippen LogP contribution in [0.1, 0.15) is 15.9 Å². The average molecular weight is 360 g/mol. The third-order valence-electron chi connectivity index (χ3n) is 3.09. The fourth-order valence-corrected chi connectivity index (χ4v) is 2.09. The molecule has 0 aliphatic heterocycles. The fourth-order valence-electron chi connectivity index (χ4n) is 1.92. The zero-order chi connectivity index (χ0) is 18.2. The van der Waals surface area contributed by atoms with Gasteiger partial charge in [0.25, 0.3) is 11.8 Å². The van der Waals surface area contributed by atoms with Gasteiger partial charge in [0, 0.05) is 5.02 Å². The van der Waals surface area contributed by atoms with Gasteiger partial charge in [-0.2, -0.15) is 5.26 Å². The first-order valence-corrected chi connectivity index (χ1v) is 7.47. The number of hydrogen-bond donors (Lipinski definition) is 2. The van der Waals surface area contributed by atoms with Crippen molar-refractivity contribution >= 4 is 23.4 Å². The topological polar surface area (TPSA) is 100 Å². The van der Waals surface area contributed by atoms with E-state index in [1.54, 1.807) is 36.4 Å². The largest absolute Gasteiger partial charge is 0.496 e. The molecule has 0 atom stereocenters. The molecule has 0 aliphatic rings. The minimum Gasteiger partial charge on any atom is -0.496 e. The summed E-state index contributed by atoms with van der Waals surface area (Å²) >= 11 is 5.86. The molecule has 8 heteroatoms. The molecule has 0 saturated carbocycles. The molecular weight excluding hydrogens is 346 g/mol. The fraction of sp³-hybridized carbons (Fsp3) is 0.118. The van der Waals surface area contributed by atoms with E-state index in [0.717, 1.165) is 0 Å². The van der Waals surface area contributed by atoms with Crippen LogP contribution in [0.15, 0.2) is 42.5 Å². The summed E-state index contributed by atoms with van der Waals surface area (Å²) in [4.78, 5) is 23.9. The van der Waals surface area contributed by atoms with Gasteiger partial charge in [-0.05, 0) is 30.3 Å². The van der Waals surface area contributed by atoms with Crippen molar-refractivity contribution in [3.63, 3.8) is 0 Å². The van der Waals surface area contributed by atoms with Crippen molar-refractivity contribution in [2.24, 2.45) is 0 Å². The number of para-hydroxylation sites is 1. The Morgan fingerprint density at radius 1 is 1.16 bits per heavy atom. The Balaban J connectivity index is 1.91. The number of nitrogens with zero attached hydrogens (tertiary/aromatic N) is 1. The highest BCUT2D eigenvalue weighted by molar-refractivity contribution is 6.31. The van der Waals surface area contributed by atoms with Gasteiger partial charge in [-0.3, -0.25) is 20.4 Å². The summed E-state index contributed by atoms with van der Waals surface area (Å²) < 4.78 is 10.3. The van der Waals surface area contributed by atoms with E-state index < -0.39 is 11.8 Å². The van der Waals surface area contributed by atoms with E-state index in [2.05, 4.69) is 10.9 Å². The molecule has 2 aromatic carbocycles. The summed E-state index contributed by atoms with van der Waals surface area (Å²) in [5.74, 6) is -0.592. The highest BCUT2D eigenvalue weighted by atomic mass is 35.5. The molecule has 0 fully saturated rings. The number of benzene rings is 2. The lowest BCUT2D eigenvalue weighted by Crippen LogP contribution is -2.44. The number of ether oxygens (including phenoxy) is 2. The van der Waals surface area contributed by atoms with Crippen LogP contribution >= 0.6 is 11.6 Å². The number of nitrogens with one attached hydrogen (secondary N) is 2. The van der Waals surface area contributed by atoms with Gasteiger partial charge in [-0.1, -0.05) is 23.7 Å². The van der Waals surface area contributed by atoms with Crippen LogP contribution in [0.3, 0.4) is 0 Å². The predicted octanol–water partition coefficient (Wildman–Crippen LogP) is 2.06. The zero-order valence-electron chi connectivity index (χ0n) is 13.2. The highest BCUT2D eigenvalue weighted by Gasteiger charge is 2.14. The molecule has 0 aliphatic carbocycles. The van der Waals surface area contributed by atoms with Crippen molar-refractivity contribution in [1.29, 1.82) is 5.26 Å². The van der Waals surface area contributed by atoms with Crippen LogP contribution in [0, 0.1) is 11.3 Å².